The average Bonchev–Trinajstić information content (AvgIpc) is 2.61. The molecule has 132 valence electrons. The number of halogens is 1. The maximum Gasteiger partial charge on any atom is 0.258 e. The second-order valence-electron chi connectivity index (χ2n) is 5.00. The SMILES string of the molecule is CCOc1ccccc1OCC(=O)NCC(=O)Nc1ccc(F)cc1. The van der Waals surface area contributed by atoms with Gasteiger partial charge in [-0.25, -0.2) is 4.39 Å². The van der Waals surface area contributed by atoms with Gasteiger partial charge in [0.15, 0.2) is 18.1 Å². The Hall–Kier alpha value is -3.09. The van der Waals surface area contributed by atoms with Gasteiger partial charge < -0.3 is 20.1 Å². The Morgan fingerprint density at radius 1 is 0.960 bits per heavy atom. The fraction of sp³-hybridized carbons (Fsp3) is 0.222. The van der Waals surface area contributed by atoms with Crippen LogP contribution in [-0.4, -0.2) is 31.6 Å². The van der Waals surface area contributed by atoms with Gasteiger partial charge in [0.1, 0.15) is 5.82 Å². The lowest BCUT2D eigenvalue weighted by Crippen LogP contribution is -2.35. The first-order chi connectivity index (χ1) is 12.1. The molecule has 0 aliphatic heterocycles. The van der Waals surface area contributed by atoms with Crippen molar-refractivity contribution < 1.29 is 23.5 Å². The first kappa shape index (κ1) is 18.3. The van der Waals surface area contributed by atoms with Gasteiger partial charge in [-0.05, 0) is 43.3 Å². The molecule has 0 atom stereocenters. The lowest BCUT2D eigenvalue weighted by Gasteiger charge is -2.11. The molecule has 0 spiro atoms. The van der Waals surface area contributed by atoms with Gasteiger partial charge in [0, 0.05) is 5.69 Å². The van der Waals surface area contributed by atoms with E-state index in [0.717, 1.165) is 0 Å². The van der Waals surface area contributed by atoms with Gasteiger partial charge in [0.2, 0.25) is 5.91 Å². The van der Waals surface area contributed by atoms with Gasteiger partial charge in [-0.2, -0.15) is 0 Å². The van der Waals surface area contributed by atoms with Crippen LogP contribution in [0.1, 0.15) is 6.92 Å². The molecule has 0 saturated heterocycles. The van der Waals surface area contributed by atoms with E-state index < -0.39 is 17.6 Å². The lowest BCUT2D eigenvalue weighted by atomic mass is 10.3. The third kappa shape index (κ3) is 6.14. The molecular formula is C18H19FN2O4. The van der Waals surface area contributed by atoms with Crippen LogP contribution in [0.5, 0.6) is 11.5 Å². The van der Waals surface area contributed by atoms with E-state index in [1.807, 2.05) is 6.92 Å². The molecule has 0 bridgehead atoms. The lowest BCUT2D eigenvalue weighted by molar-refractivity contribution is -0.125. The fourth-order valence-electron chi connectivity index (χ4n) is 1.96. The Morgan fingerprint density at radius 3 is 2.24 bits per heavy atom. The number of nitrogens with one attached hydrogen (secondary N) is 2. The molecule has 0 radical (unpaired) electrons. The van der Waals surface area contributed by atoms with Crippen molar-refractivity contribution in [1.82, 2.24) is 5.32 Å². The summed E-state index contributed by atoms with van der Waals surface area (Å²) < 4.78 is 23.6. The van der Waals surface area contributed by atoms with E-state index in [9.17, 15) is 14.0 Å². The van der Waals surface area contributed by atoms with Gasteiger partial charge in [-0.1, -0.05) is 12.1 Å². The molecule has 0 heterocycles. The Kier molecular flexibility index (Phi) is 6.76. The molecule has 0 aromatic heterocycles. The Morgan fingerprint density at radius 2 is 1.60 bits per heavy atom. The quantitative estimate of drug-likeness (QED) is 0.769. The Balaban J connectivity index is 1.75. The van der Waals surface area contributed by atoms with Crippen molar-refractivity contribution in [2.24, 2.45) is 0 Å². The smallest absolute Gasteiger partial charge is 0.258 e. The van der Waals surface area contributed by atoms with E-state index in [1.165, 1.54) is 24.3 Å². The second-order valence-corrected chi connectivity index (χ2v) is 5.00. The van der Waals surface area contributed by atoms with Gasteiger partial charge >= 0.3 is 0 Å². The predicted molar refractivity (Wildman–Crippen MR) is 91.1 cm³/mol. The minimum Gasteiger partial charge on any atom is -0.490 e. The maximum atomic E-state index is 12.8. The van der Waals surface area contributed by atoms with Gasteiger partial charge in [0.25, 0.3) is 5.91 Å². The molecule has 0 aliphatic rings. The van der Waals surface area contributed by atoms with Crippen LogP contribution in [-0.2, 0) is 9.59 Å². The van der Waals surface area contributed by atoms with Crippen LogP contribution in [0, 0.1) is 5.82 Å². The minimum absolute atomic E-state index is 0.216. The molecule has 2 rings (SSSR count). The molecular weight excluding hydrogens is 327 g/mol. The molecule has 2 aromatic carbocycles. The van der Waals surface area contributed by atoms with Crippen molar-refractivity contribution in [3.8, 4) is 11.5 Å². The van der Waals surface area contributed by atoms with E-state index >= 15 is 0 Å². The topological polar surface area (TPSA) is 76.7 Å². The van der Waals surface area contributed by atoms with E-state index in [2.05, 4.69) is 10.6 Å². The van der Waals surface area contributed by atoms with E-state index in [4.69, 9.17) is 9.47 Å². The van der Waals surface area contributed by atoms with Crippen molar-refractivity contribution in [2.75, 3.05) is 25.1 Å². The molecule has 0 saturated carbocycles. The normalized spacial score (nSPS) is 10.0. The number of benzene rings is 2. The first-order valence-corrected chi connectivity index (χ1v) is 7.75. The number of para-hydroxylation sites is 2. The number of rotatable bonds is 8. The summed E-state index contributed by atoms with van der Waals surface area (Å²) in [5, 5.41) is 4.99. The summed E-state index contributed by atoms with van der Waals surface area (Å²) in [4.78, 5) is 23.5. The molecule has 0 fully saturated rings. The number of hydrogen-bond donors (Lipinski definition) is 2. The molecule has 0 unspecified atom stereocenters. The predicted octanol–water partition coefficient (Wildman–Crippen LogP) is 2.36. The third-order valence-electron chi connectivity index (χ3n) is 3.08. The number of amides is 2. The highest BCUT2D eigenvalue weighted by Crippen LogP contribution is 2.26. The van der Waals surface area contributed by atoms with Crippen molar-refractivity contribution in [2.45, 2.75) is 6.92 Å². The number of ether oxygens (including phenoxy) is 2. The van der Waals surface area contributed by atoms with Crippen LogP contribution in [0.3, 0.4) is 0 Å². The molecule has 25 heavy (non-hydrogen) atoms. The van der Waals surface area contributed by atoms with Gasteiger partial charge in [0.05, 0.1) is 13.2 Å². The van der Waals surface area contributed by atoms with Crippen molar-refractivity contribution in [3.63, 3.8) is 0 Å². The summed E-state index contributed by atoms with van der Waals surface area (Å²) in [6, 6.07) is 12.3. The highest BCUT2D eigenvalue weighted by molar-refractivity contribution is 5.94. The molecule has 0 aliphatic carbocycles. The maximum absolute atomic E-state index is 12.8. The first-order valence-electron chi connectivity index (χ1n) is 7.75. The average molecular weight is 346 g/mol. The second kappa shape index (κ2) is 9.27. The summed E-state index contributed by atoms with van der Waals surface area (Å²) in [7, 11) is 0. The van der Waals surface area contributed by atoms with E-state index in [1.54, 1.807) is 24.3 Å². The Bertz CT molecular complexity index is 719. The molecule has 2 amide bonds. The zero-order valence-electron chi connectivity index (χ0n) is 13.8. The monoisotopic (exact) mass is 346 g/mol. The summed E-state index contributed by atoms with van der Waals surface area (Å²) in [5.74, 6) is -0.256. The summed E-state index contributed by atoms with van der Waals surface area (Å²) in [6.45, 7) is 1.87. The van der Waals surface area contributed by atoms with Crippen LogP contribution in [0.4, 0.5) is 10.1 Å². The summed E-state index contributed by atoms with van der Waals surface area (Å²) in [6.07, 6.45) is 0. The van der Waals surface area contributed by atoms with E-state index in [-0.39, 0.29) is 13.2 Å². The van der Waals surface area contributed by atoms with Crippen LogP contribution in [0.2, 0.25) is 0 Å². The molecule has 6 nitrogen and oxygen atoms in total. The zero-order valence-corrected chi connectivity index (χ0v) is 13.8. The van der Waals surface area contributed by atoms with Crippen LogP contribution < -0.4 is 20.1 Å². The van der Waals surface area contributed by atoms with Crippen LogP contribution in [0.15, 0.2) is 48.5 Å². The van der Waals surface area contributed by atoms with Gasteiger partial charge in [-0.15, -0.1) is 0 Å². The number of carbonyl (C=O) groups is 2. The van der Waals surface area contributed by atoms with Crippen molar-refractivity contribution >= 4 is 17.5 Å². The fourth-order valence-corrected chi connectivity index (χ4v) is 1.96. The molecule has 2 N–H and O–H groups in total. The number of anilines is 1. The van der Waals surface area contributed by atoms with Crippen molar-refractivity contribution in [1.29, 1.82) is 0 Å². The summed E-state index contributed by atoms with van der Waals surface area (Å²) in [5.41, 5.74) is 0.447. The minimum atomic E-state index is -0.444. The Labute approximate surface area is 144 Å². The molecule has 7 heteroatoms. The number of carbonyl (C=O) groups excluding carboxylic acids is 2. The van der Waals surface area contributed by atoms with E-state index in [0.29, 0.717) is 23.8 Å². The summed E-state index contributed by atoms with van der Waals surface area (Å²) >= 11 is 0. The standard InChI is InChI=1S/C18H19FN2O4/c1-2-24-15-5-3-4-6-16(15)25-12-18(23)20-11-17(22)21-14-9-7-13(19)8-10-14/h3-10H,2,11-12H2,1H3,(H,20,23)(H,21,22). The van der Waals surface area contributed by atoms with Crippen LogP contribution in [0.25, 0.3) is 0 Å². The number of hydrogen-bond acceptors (Lipinski definition) is 4. The van der Waals surface area contributed by atoms with Gasteiger partial charge in [-0.3, -0.25) is 9.59 Å². The van der Waals surface area contributed by atoms with Crippen LogP contribution >= 0.6 is 0 Å². The zero-order chi connectivity index (χ0) is 18.1. The van der Waals surface area contributed by atoms with Crippen molar-refractivity contribution in [3.05, 3.63) is 54.3 Å². The highest BCUT2D eigenvalue weighted by Gasteiger charge is 2.09. The molecule has 2 aromatic rings. The highest BCUT2D eigenvalue weighted by atomic mass is 19.1. The third-order valence-corrected chi connectivity index (χ3v) is 3.08. The largest absolute Gasteiger partial charge is 0.490 e.